The van der Waals surface area contributed by atoms with Crippen LogP contribution in [0.25, 0.3) is 0 Å². The third-order valence-electron chi connectivity index (χ3n) is 2.65. The van der Waals surface area contributed by atoms with Gasteiger partial charge in [-0.1, -0.05) is 0 Å². The first-order valence-corrected chi connectivity index (χ1v) is 5.77. The highest BCUT2D eigenvalue weighted by Gasteiger charge is 2.27. The van der Waals surface area contributed by atoms with E-state index in [2.05, 4.69) is 10.6 Å². The SMILES string of the molecule is CC(C)(CCC(=O)O)NC(=O)C1CNCCO1. The highest BCUT2D eigenvalue weighted by Crippen LogP contribution is 2.12. The van der Waals surface area contributed by atoms with Gasteiger partial charge in [0.15, 0.2) is 0 Å². The number of rotatable bonds is 5. The number of hydrogen-bond donors (Lipinski definition) is 3. The Balaban J connectivity index is 2.39. The number of ether oxygens (including phenoxy) is 1. The zero-order chi connectivity index (χ0) is 12.9. The predicted octanol–water partition coefficient (Wildman–Crippen LogP) is -0.266. The number of carbonyl (C=O) groups is 2. The Morgan fingerprint density at radius 3 is 2.76 bits per heavy atom. The van der Waals surface area contributed by atoms with Gasteiger partial charge in [-0.25, -0.2) is 0 Å². The van der Waals surface area contributed by atoms with Gasteiger partial charge in [0.2, 0.25) is 0 Å². The first-order valence-electron chi connectivity index (χ1n) is 5.77. The molecule has 98 valence electrons. The molecule has 6 heteroatoms. The summed E-state index contributed by atoms with van der Waals surface area (Å²) in [6.07, 6.45) is -0.0431. The number of morpholine rings is 1. The number of carboxylic acid groups (broad SMARTS) is 1. The summed E-state index contributed by atoms with van der Waals surface area (Å²) < 4.78 is 5.32. The van der Waals surface area contributed by atoms with Gasteiger partial charge in [-0.05, 0) is 20.3 Å². The summed E-state index contributed by atoms with van der Waals surface area (Å²) in [7, 11) is 0. The molecule has 1 unspecified atom stereocenters. The summed E-state index contributed by atoms with van der Waals surface area (Å²) in [5.41, 5.74) is -0.531. The lowest BCUT2D eigenvalue weighted by atomic mass is 9.98. The van der Waals surface area contributed by atoms with Crippen molar-refractivity contribution in [3.8, 4) is 0 Å². The molecule has 0 saturated carbocycles. The van der Waals surface area contributed by atoms with Crippen LogP contribution in [0.2, 0.25) is 0 Å². The topological polar surface area (TPSA) is 87.7 Å². The smallest absolute Gasteiger partial charge is 0.303 e. The number of hydrogen-bond acceptors (Lipinski definition) is 4. The maximum Gasteiger partial charge on any atom is 0.303 e. The summed E-state index contributed by atoms with van der Waals surface area (Å²) in [5.74, 6) is -1.05. The quantitative estimate of drug-likeness (QED) is 0.620. The summed E-state index contributed by atoms with van der Waals surface area (Å²) >= 11 is 0. The monoisotopic (exact) mass is 244 g/mol. The second kappa shape index (κ2) is 5.97. The van der Waals surface area contributed by atoms with Crippen molar-refractivity contribution in [1.82, 2.24) is 10.6 Å². The first-order chi connectivity index (χ1) is 7.91. The average Bonchev–Trinajstić information content (AvgIpc) is 2.27. The van der Waals surface area contributed by atoms with E-state index in [9.17, 15) is 9.59 Å². The van der Waals surface area contributed by atoms with Crippen LogP contribution in [-0.4, -0.2) is 48.3 Å². The van der Waals surface area contributed by atoms with Crippen molar-refractivity contribution in [2.24, 2.45) is 0 Å². The van der Waals surface area contributed by atoms with Crippen molar-refractivity contribution < 1.29 is 19.4 Å². The maximum atomic E-state index is 11.8. The van der Waals surface area contributed by atoms with Gasteiger partial charge < -0.3 is 20.5 Å². The van der Waals surface area contributed by atoms with Crippen LogP contribution in [0.3, 0.4) is 0 Å². The molecule has 3 N–H and O–H groups in total. The molecule has 1 heterocycles. The Morgan fingerprint density at radius 2 is 2.24 bits per heavy atom. The minimum Gasteiger partial charge on any atom is -0.481 e. The number of amides is 1. The third-order valence-corrected chi connectivity index (χ3v) is 2.65. The summed E-state index contributed by atoms with van der Waals surface area (Å²) in [6.45, 7) is 5.40. The van der Waals surface area contributed by atoms with Gasteiger partial charge in [0.1, 0.15) is 6.10 Å². The van der Waals surface area contributed by atoms with Gasteiger partial charge in [0.05, 0.1) is 6.61 Å². The summed E-state index contributed by atoms with van der Waals surface area (Å²) in [6, 6.07) is 0. The van der Waals surface area contributed by atoms with Crippen LogP contribution < -0.4 is 10.6 Å². The molecular formula is C11H20N2O4. The molecule has 1 fully saturated rings. The van der Waals surface area contributed by atoms with Crippen LogP contribution in [-0.2, 0) is 14.3 Å². The van der Waals surface area contributed by atoms with E-state index in [1.165, 1.54) is 0 Å². The minimum absolute atomic E-state index is 0.0387. The molecule has 0 aromatic rings. The van der Waals surface area contributed by atoms with E-state index in [-0.39, 0.29) is 12.3 Å². The maximum absolute atomic E-state index is 11.8. The molecule has 1 aliphatic rings. The molecule has 1 atom stereocenters. The lowest BCUT2D eigenvalue weighted by Gasteiger charge is -2.30. The standard InChI is InChI=1S/C11H20N2O4/c1-11(2,4-3-9(14)15)13-10(16)8-7-12-5-6-17-8/h8,12H,3-7H2,1-2H3,(H,13,16)(H,14,15). The Kier molecular flexibility index (Phi) is 4.89. The normalized spacial score (nSPS) is 20.9. The van der Waals surface area contributed by atoms with Crippen molar-refractivity contribution in [2.45, 2.75) is 38.3 Å². The van der Waals surface area contributed by atoms with Crippen molar-refractivity contribution in [1.29, 1.82) is 0 Å². The molecule has 0 aromatic carbocycles. The fraction of sp³-hybridized carbons (Fsp3) is 0.818. The minimum atomic E-state index is -0.858. The Hall–Kier alpha value is -1.14. The second-order valence-corrected chi connectivity index (χ2v) is 4.83. The van der Waals surface area contributed by atoms with E-state index in [1.54, 1.807) is 0 Å². The highest BCUT2D eigenvalue weighted by atomic mass is 16.5. The van der Waals surface area contributed by atoms with E-state index < -0.39 is 17.6 Å². The predicted molar refractivity (Wildman–Crippen MR) is 61.7 cm³/mol. The van der Waals surface area contributed by atoms with Gasteiger partial charge in [0.25, 0.3) is 5.91 Å². The molecule has 0 spiro atoms. The van der Waals surface area contributed by atoms with Crippen LogP contribution in [0.15, 0.2) is 0 Å². The summed E-state index contributed by atoms with van der Waals surface area (Å²) in [4.78, 5) is 22.3. The molecule has 17 heavy (non-hydrogen) atoms. The van der Waals surface area contributed by atoms with Gasteiger partial charge >= 0.3 is 5.97 Å². The molecule has 1 aliphatic heterocycles. The molecular weight excluding hydrogens is 224 g/mol. The molecule has 0 aliphatic carbocycles. The third kappa shape index (κ3) is 5.14. The van der Waals surface area contributed by atoms with Crippen molar-refractivity contribution in [3.63, 3.8) is 0 Å². The molecule has 0 bridgehead atoms. The van der Waals surface area contributed by atoms with E-state index in [4.69, 9.17) is 9.84 Å². The number of carbonyl (C=O) groups excluding carboxylic acids is 1. The fourth-order valence-corrected chi connectivity index (χ4v) is 1.63. The Labute approximate surface area is 101 Å². The van der Waals surface area contributed by atoms with Gasteiger partial charge in [-0.3, -0.25) is 9.59 Å². The van der Waals surface area contributed by atoms with Crippen molar-refractivity contribution in [3.05, 3.63) is 0 Å². The lowest BCUT2D eigenvalue weighted by molar-refractivity contribution is -0.139. The number of carboxylic acids is 1. The molecule has 0 radical (unpaired) electrons. The van der Waals surface area contributed by atoms with Gasteiger partial charge in [-0.15, -0.1) is 0 Å². The number of nitrogens with one attached hydrogen (secondary N) is 2. The fourth-order valence-electron chi connectivity index (χ4n) is 1.63. The van der Waals surface area contributed by atoms with Crippen LogP contribution in [0.1, 0.15) is 26.7 Å². The van der Waals surface area contributed by atoms with Gasteiger partial charge in [-0.2, -0.15) is 0 Å². The van der Waals surface area contributed by atoms with E-state index in [1.807, 2.05) is 13.8 Å². The van der Waals surface area contributed by atoms with Crippen molar-refractivity contribution in [2.75, 3.05) is 19.7 Å². The molecule has 0 aromatic heterocycles. The van der Waals surface area contributed by atoms with Gasteiger partial charge in [0, 0.05) is 25.0 Å². The molecule has 1 amide bonds. The van der Waals surface area contributed by atoms with E-state index in [0.29, 0.717) is 19.6 Å². The average molecular weight is 244 g/mol. The van der Waals surface area contributed by atoms with E-state index in [0.717, 1.165) is 6.54 Å². The lowest BCUT2D eigenvalue weighted by Crippen LogP contribution is -2.53. The molecule has 6 nitrogen and oxygen atoms in total. The summed E-state index contributed by atoms with van der Waals surface area (Å²) in [5, 5.41) is 14.5. The Morgan fingerprint density at radius 1 is 1.53 bits per heavy atom. The van der Waals surface area contributed by atoms with Crippen LogP contribution >= 0.6 is 0 Å². The van der Waals surface area contributed by atoms with Crippen LogP contribution in [0, 0.1) is 0 Å². The second-order valence-electron chi connectivity index (χ2n) is 4.83. The molecule has 1 saturated heterocycles. The largest absolute Gasteiger partial charge is 0.481 e. The zero-order valence-electron chi connectivity index (χ0n) is 10.3. The molecule has 1 rings (SSSR count). The Bertz CT molecular complexity index is 285. The van der Waals surface area contributed by atoms with Crippen LogP contribution in [0.5, 0.6) is 0 Å². The zero-order valence-corrected chi connectivity index (χ0v) is 10.3. The van der Waals surface area contributed by atoms with E-state index >= 15 is 0 Å². The highest BCUT2D eigenvalue weighted by molar-refractivity contribution is 5.82. The van der Waals surface area contributed by atoms with Crippen LogP contribution in [0.4, 0.5) is 0 Å². The first kappa shape index (κ1) is 13.9. The van der Waals surface area contributed by atoms with Crippen molar-refractivity contribution >= 4 is 11.9 Å². The number of aliphatic carboxylic acids is 1.